The molecule has 0 amide bonds. The van der Waals surface area contributed by atoms with Crippen LogP contribution in [0, 0.1) is 12.3 Å². The van der Waals surface area contributed by atoms with Gasteiger partial charge in [-0.05, 0) is 18.6 Å². The Kier molecular flexibility index (Phi) is 4.94. The molecule has 0 heterocycles. The molecule has 0 aliphatic heterocycles. The van der Waals surface area contributed by atoms with Gasteiger partial charge in [-0.2, -0.15) is 0 Å². The van der Waals surface area contributed by atoms with E-state index >= 15 is 0 Å². The second kappa shape index (κ2) is 6.52. The SMILES string of the molecule is C#CC(CCC)OC(=O)Oc1ccccc1. The van der Waals surface area contributed by atoms with Gasteiger partial charge in [-0.1, -0.05) is 37.5 Å². The maximum Gasteiger partial charge on any atom is 0.515 e. The molecule has 0 aliphatic rings. The molecule has 3 heteroatoms. The number of hydrogen-bond donors (Lipinski definition) is 0. The number of carbonyl (C=O) groups is 1. The van der Waals surface area contributed by atoms with E-state index in [0.717, 1.165) is 6.42 Å². The zero-order valence-electron chi connectivity index (χ0n) is 9.18. The van der Waals surface area contributed by atoms with Crippen molar-refractivity contribution >= 4 is 6.16 Å². The lowest BCUT2D eigenvalue weighted by atomic mass is 10.2. The molecule has 0 bridgehead atoms. The third kappa shape index (κ3) is 4.05. The van der Waals surface area contributed by atoms with Crippen molar-refractivity contribution in [2.45, 2.75) is 25.9 Å². The van der Waals surface area contributed by atoms with Crippen LogP contribution < -0.4 is 4.74 Å². The first-order chi connectivity index (χ1) is 7.76. The molecule has 1 aromatic rings. The van der Waals surface area contributed by atoms with Gasteiger partial charge in [0.25, 0.3) is 0 Å². The zero-order chi connectivity index (χ0) is 11.8. The van der Waals surface area contributed by atoms with E-state index in [4.69, 9.17) is 15.9 Å². The molecule has 0 saturated carbocycles. The van der Waals surface area contributed by atoms with Crippen molar-refractivity contribution in [2.24, 2.45) is 0 Å². The van der Waals surface area contributed by atoms with Gasteiger partial charge < -0.3 is 9.47 Å². The second-order valence-electron chi connectivity index (χ2n) is 3.23. The molecule has 1 unspecified atom stereocenters. The Labute approximate surface area is 95.4 Å². The Hall–Kier alpha value is -1.95. The molecule has 1 aromatic carbocycles. The molecule has 1 atom stereocenters. The lowest BCUT2D eigenvalue weighted by Gasteiger charge is -2.10. The normalized spacial score (nSPS) is 11.2. The van der Waals surface area contributed by atoms with Crippen LogP contribution in [0.2, 0.25) is 0 Å². The first-order valence-corrected chi connectivity index (χ1v) is 5.16. The summed E-state index contributed by atoms with van der Waals surface area (Å²) in [5.74, 6) is 2.84. The number of terminal acetylenes is 1. The molecule has 0 aromatic heterocycles. The third-order valence-electron chi connectivity index (χ3n) is 1.92. The molecule has 84 valence electrons. The molecule has 0 spiro atoms. The number of hydrogen-bond acceptors (Lipinski definition) is 3. The largest absolute Gasteiger partial charge is 0.515 e. The van der Waals surface area contributed by atoms with Crippen molar-refractivity contribution in [3.63, 3.8) is 0 Å². The van der Waals surface area contributed by atoms with Crippen molar-refractivity contribution in [1.29, 1.82) is 0 Å². The predicted molar refractivity (Wildman–Crippen MR) is 61.1 cm³/mol. The highest BCUT2D eigenvalue weighted by molar-refractivity contribution is 5.64. The van der Waals surface area contributed by atoms with Crippen LogP contribution >= 0.6 is 0 Å². The number of carbonyl (C=O) groups excluding carboxylic acids is 1. The number of benzene rings is 1. The first kappa shape index (κ1) is 12.1. The van der Waals surface area contributed by atoms with Gasteiger partial charge in [-0.25, -0.2) is 4.79 Å². The van der Waals surface area contributed by atoms with Gasteiger partial charge >= 0.3 is 6.16 Å². The van der Waals surface area contributed by atoms with Crippen LogP contribution in [0.1, 0.15) is 19.8 Å². The summed E-state index contributed by atoms with van der Waals surface area (Å²) in [7, 11) is 0. The van der Waals surface area contributed by atoms with Crippen LogP contribution in [-0.2, 0) is 4.74 Å². The van der Waals surface area contributed by atoms with E-state index in [9.17, 15) is 4.79 Å². The van der Waals surface area contributed by atoms with Gasteiger partial charge in [0.2, 0.25) is 0 Å². The summed E-state index contributed by atoms with van der Waals surface area (Å²) in [6.07, 6.45) is 5.44. The van der Waals surface area contributed by atoms with E-state index in [0.29, 0.717) is 12.2 Å². The Morgan fingerprint density at radius 3 is 2.69 bits per heavy atom. The molecule has 0 N–H and O–H groups in total. The maximum absolute atomic E-state index is 11.3. The standard InChI is InChI=1S/C13H14O3/c1-3-8-11(4-2)15-13(14)16-12-9-6-5-7-10-12/h2,5-7,9-11H,3,8H2,1H3. The van der Waals surface area contributed by atoms with E-state index < -0.39 is 12.3 Å². The summed E-state index contributed by atoms with van der Waals surface area (Å²) < 4.78 is 9.88. The minimum absolute atomic E-state index is 0.444. The van der Waals surface area contributed by atoms with E-state index in [-0.39, 0.29) is 0 Å². The van der Waals surface area contributed by atoms with Crippen LogP contribution in [0.25, 0.3) is 0 Å². The summed E-state index contributed by atoms with van der Waals surface area (Å²) >= 11 is 0. The predicted octanol–water partition coefficient (Wildman–Crippen LogP) is 3.00. The summed E-state index contributed by atoms with van der Waals surface area (Å²) in [6.45, 7) is 1.97. The fraction of sp³-hybridized carbons (Fsp3) is 0.308. The highest BCUT2D eigenvalue weighted by Gasteiger charge is 2.12. The molecule has 0 saturated heterocycles. The second-order valence-corrected chi connectivity index (χ2v) is 3.23. The smallest absolute Gasteiger partial charge is 0.417 e. The highest BCUT2D eigenvalue weighted by Crippen LogP contribution is 2.10. The maximum atomic E-state index is 11.3. The van der Waals surface area contributed by atoms with Crippen LogP contribution in [0.5, 0.6) is 5.75 Å². The van der Waals surface area contributed by atoms with Gasteiger partial charge in [0.15, 0.2) is 6.10 Å². The summed E-state index contributed by atoms with van der Waals surface area (Å²) in [5.41, 5.74) is 0. The minimum Gasteiger partial charge on any atom is -0.417 e. The third-order valence-corrected chi connectivity index (χ3v) is 1.92. The van der Waals surface area contributed by atoms with E-state index in [1.54, 1.807) is 24.3 Å². The molecular formula is C13H14O3. The van der Waals surface area contributed by atoms with Crippen molar-refractivity contribution in [3.05, 3.63) is 30.3 Å². The topological polar surface area (TPSA) is 35.5 Å². The first-order valence-electron chi connectivity index (χ1n) is 5.16. The number of rotatable bonds is 4. The molecule has 0 radical (unpaired) electrons. The number of para-hydroxylation sites is 1. The Bertz CT molecular complexity index is 365. The Balaban J connectivity index is 2.45. The van der Waals surface area contributed by atoms with Crippen molar-refractivity contribution in [1.82, 2.24) is 0 Å². The molecule has 0 aliphatic carbocycles. The molecule has 16 heavy (non-hydrogen) atoms. The zero-order valence-corrected chi connectivity index (χ0v) is 9.18. The van der Waals surface area contributed by atoms with Crippen molar-refractivity contribution in [2.75, 3.05) is 0 Å². The Morgan fingerprint density at radius 1 is 1.44 bits per heavy atom. The molecule has 1 rings (SSSR count). The van der Waals surface area contributed by atoms with Gasteiger partial charge in [-0.3, -0.25) is 0 Å². The van der Waals surface area contributed by atoms with E-state index in [1.165, 1.54) is 0 Å². The fourth-order valence-electron chi connectivity index (χ4n) is 1.16. The van der Waals surface area contributed by atoms with E-state index in [2.05, 4.69) is 5.92 Å². The highest BCUT2D eigenvalue weighted by atomic mass is 16.7. The summed E-state index contributed by atoms with van der Waals surface area (Å²) in [4.78, 5) is 11.3. The van der Waals surface area contributed by atoms with Crippen molar-refractivity contribution in [3.8, 4) is 18.1 Å². The average Bonchev–Trinajstić information content (AvgIpc) is 2.29. The van der Waals surface area contributed by atoms with Crippen LogP contribution in [0.15, 0.2) is 30.3 Å². The number of ether oxygens (including phenoxy) is 2. The van der Waals surface area contributed by atoms with Gasteiger partial charge in [0.05, 0.1) is 0 Å². The van der Waals surface area contributed by atoms with Crippen molar-refractivity contribution < 1.29 is 14.3 Å². The lowest BCUT2D eigenvalue weighted by molar-refractivity contribution is 0.0763. The lowest BCUT2D eigenvalue weighted by Crippen LogP contribution is -2.19. The Morgan fingerprint density at radius 2 is 2.12 bits per heavy atom. The van der Waals surface area contributed by atoms with E-state index in [1.807, 2.05) is 13.0 Å². The van der Waals surface area contributed by atoms with Crippen LogP contribution in [-0.4, -0.2) is 12.3 Å². The molecule has 3 nitrogen and oxygen atoms in total. The molecule has 0 fully saturated rings. The van der Waals surface area contributed by atoms with Crippen LogP contribution in [0.3, 0.4) is 0 Å². The van der Waals surface area contributed by atoms with Gasteiger partial charge in [0.1, 0.15) is 5.75 Å². The quantitative estimate of drug-likeness (QED) is 0.442. The van der Waals surface area contributed by atoms with Gasteiger partial charge in [0, 0.05) is 0 Å². The summed E-state index contributed by atoms with van der Waals surface area (Å²) in [6, 6.07) is 8.72. The summed E-state index contributed by atoms with van der Waals surface area (Å²) in [5, 5.41) is 0. The van der Waals surface area contributed by atoms with Crippen LogP contribution in [0.4, 0.5) is 4.79 Å². The fourth-order valence-corrected chi connectivity index (χ4v) is 1.16. The monoisotopic (exact) mass is 218 g/mol. The van der Waals surface area contributed by atoms with Gasteiger partial charge in [-0.15, -0.1) is 6.42 Å². The molecular weight excluding hydrogens is 204 g/mol. The average molecular weight is 218 g/mol. The minimum atomic E-state index is -0.761.